The number of nitrogens with one attached hydrogen (secondary N) is 2. The molecule has 0 unspecified atom stereocenters. The van der Waals surface area contributed by atoms with E-state index in [2.05, 4.69) is 15.5 Å². The summed E-state index contributed by atoms with van der Waals surface area (Å²) >= 11 is 0. The Labute approximate surface area is 154 Å². The Kier molecular flexibility index (Phi) is 5.11. The molecule has 0 bridgehead atoms. The molecule has 0 saturated carbocycles. The maximum absolute atomic E-state index is 12.6. The molecule has 2 amide bonds. The lowest BCUT2D eigenvalue weighted by molar-refractivity contribution is -0.142. The minimum absolute atomic E-state index is 0.0228. The number of carbonyl (C=O) groups is 2. The number of aromatic amines is 1. The summed E-state index contributed by atoms with van der Waals surface area (Å²) < 4.78 is 0. The van der Waals surface area contributed by atoms with Crippen molar-refractivity contribution < 1.29 is 9.59 Å². The number of benzene rings is 1. The van der Waals surface area contributed by atoms with Gasteiger partial charge in [0.25, 0.3) is 0 Å². The van der Waals surface area contributed by atoms with Crippen molar-refractivity contribution in [1.29, 1.82) is 0 Å². The van der Waals surface area contributed by atoms with Crippen LogP contribution in [0.1, 0.15) is 33.6 Å². The second-order valence-corrected chi connectivity index (χ2v) is 7.86. The molecule has 3 rings (SSSR count). The predicted octanol–water partition coefficient (Wildman–Crippen LogP) is 3.30. The number of hydrogen-bond donors (Lipinski definition) is 2. The van der Waals surface area contributed by atoms with Gasteiger partial charge in [-0.15, -0.1) is 0 Å². The second-order valence-electron chi connectivity index (χ2n) is 7.86. The zero-order chi connectivity index (χ0) is 18.7. The molecule has 1 aliphatic rings. The van der Waals surface area contributed by atoms with Crippen molar-refractivity contribution in [2.24, 2.45) is 11.3 Å². The van der Waals surface area contributed by atoms with Gasteiger partial charge in [0.1, 0.15) is 0 Å². The number of rotatable bonds is 3. The van der Waals surface area contributed by atoms with Crippen LogP contribution in [0.15, 0.2) is 36.5 Å². The van der Waals surface area contributed by atoms with E-state index in [-0.39, 0.29) is 23.1 Å². The largest absolute Gasteiger partial charge is 0.342 e. The summed E-state index contributed by atoms with van der Waals surface area (Å²) in [5, 5.41) is 9.89. The molecule has 0 radical (unpaired) electrons. The first-order valence-electron chi connectivity index (χ1n) is 9.04. The monoisotopic (exact) mass is 354 g/mol. The van der Waals surface area contributed by atoms with Gasteiger partial charge in [0.15, 0.2) is 0 Å². The summed E-state index contributed by atoms with van der Waals surface area (Å²) in [6.45, 7) is 7.08. The molecule has 1 aromatic carbocycles. The van der Waals surface area contributed by atoms with Crippen LogP contribution in [0.3, 0.4) is 0 Å². The predicted molar refractivity (Wildman–Crippen MR) is 101 cm³/mol. The third-order valence-corrected chi connectivity index (χ3v) is 4.74. The van der Waals surface area contributed by atoms with E-state index in [4.69, 9.17) is 0 Å². The molecule has 6 heteroatoms. The van der Waals surface area contributed by atoms with E-state index in [9.17, 15) is 9.59 Å². The highest BCUT2D eigenvalue weighted by Gasteiger charge is 2.32. The Morgan fingerprint density at radius 2 is 1.92 bits per heavy atom. The second kappa shape index (κ2) is 7.32. The molecule has 2 aromatic rings. The van der Waals surface area contributed by atoms with Crippen LogP contribution >= 0.6 is 0 Å². The Bertz CT molecular complexity index is 769. The first kappa shape index (κ1) is 18.2. The lowest BCUT2D eigenvalue weighted by Gasteiger charge is -2.35. The van der Waals surface area contributed by atoms with Crippen molar-refractivity contribution in [1.82, 2.24) is 15.1 Å². The van der Waals surface area contributed by atoms with E-state index in [1.165, 1.54) is 0 Å². The van der Waals surface area contributed by atoms with Crippen LogP contribution in [0.2, 0.25) is 0 Å². The molecule has 138 valence electrons. The number of amides is 2. The quantitative estimate of drug-likeness (QED) is 0.888. The van der Waals surface area contributed by atoms with Gasteiger partial charge in [0, 0.05) is 41.9 Å². The van der Waals surface area contributed by atoms with Crippen LogP contribution < -0.4 is 5.32 Å². The molecule has 1 aromatic heterocycles. The normalized spacial score (nSPS) is 15.7. The fraction of sp³-hybridized carbons (Fsp3) is 0.450. The van der Waals surface area contributed by atoms with E-state index in [1.54, 1.807) is 6.20 Å². The highest BCUT2D eigenvalue weighted by molar-refractivity contribution is 5.93. The Morgan fingerprint density at radius 1 is 1.19 bits per heavy atom. The van der Waals surface area contributed by atoms with Crippen LogP contribution in [-0.2, 0) is 9.59 Å². The van der Waals surface area contributed by atoms with Crippen molar-refractivity contribution in [2.45, 2.75) is 33.6 Å². The zero-order valence-corrected chi connectivity index (χ0v) is 15.6. The molecule has 0 atom stereocenters. The highest BCUT2D eigenvalue weighted by atomic mass is 16.2. The average Bonchev–Trinajstić information content (AvgIpc) is 3.15. The van der Waals surface area contributed by atoms with Gasteiger partial charge < -0.3 is 10.2 Å². The van der Waals surface area contributed by atoms with Crippen molar-refractivity contribution in [2.75, 3.05) is 18.4 Å². The molecule has 1 aliphatic heterocycles. The van der Waals surface area contributed by atoms with Crippen molar-refractivity contribution >= 4 is 17.5 Å². The third-order valence-electron chi connectivity index (χ3n) is 4.74. The molecule has 6 nitrogen and oxygen atoms in total. The minimum atomic E-state index is -0.373. The van der Waals surface area contributed by atoms with Crippen molar-refractivity contribution in [3.8, 4) is 11.3 Å². The molecule has 2 heterocycles. The molecular weight excluding hydrogens is 328 g/mol. The van der Waals surface area contributed by atoms with Gasteiger partial charge in [-0.05, 0) is 31.0 Å². The van der Waals surface area contributed by atoms with Crippen LogP contribution in [0.5, 0.6) is 0 Å². The van der Waals surface area contributed by atoms with Crippen LogP contribution in [0.25, 0.3) is 11.3 Å². The van der Waals surface area contributed by atoms with E-state index >= 15 is 0 Å². The lowest BCUT2D eigenvalue weighted by atomic mass is 9.90. The third kappa shape index (κ3) is 4.12. The van der Waals surface area contributed by atoms with Gasteiger partial charge in [0.05, 0.1) is 5.69 Å². The Hall–Kier alpha value is -2.63. The van der Waals surface area contributed by atoms with Crippen LogP contribution in [0.4, 0.5) is 5.69 Å². The van der Waals surface area contributed by atoms with Crippen molar-refractivity contribution in [3.63, 3.8) is 0 Å². The Morgan fingerprint density at radius 3 is 2.54 bits per heavy atom. The number of anilines is 1. The maximum atomic E-state index is 12.6. The molecule has 1 saturated heterocycles. The number of aromatic nitrogens is 2. The van der Waals surface area contributed by atoms with Crippen LogP contribution in [0, 0.1) is 11.3 Å². The summed E-state index contributed by atoms with van der Waals surface area (Å²) in [5.74, 6) is 0.119. The fourth-order valence-corrected chi connectivity index (χ4v) is 3.24. The highest BCUT2D eigenvalue weighted by Crippen LogP contribution is 2.25. The van der Waals surface area contributed by atoms with Gasteiger partial charge in [-0.2, -0.15) is 5.10 Å². The van der Waals surface area contributed by atoms with Gasteiger partial charge in [-0.3, -0.25) is 14.7 Å². The number of nitrogens with zero attached hydrogens (tertiary/aromatic N) is 2. The van der Waals surface area contributed by atoms with Gasteiger partial charge in [-0.25, -0.2) is 0 Å². The topological polar surface area (TPSA) is 78.1 Å². The molecular formula is C20H26N4O2. The van der Waals surface area contributed by atoms with Gasteiger partial charge >= 0.3 is 0 Å². The summed E-state index contributed by atoms with van der Waals surface area (Å²) in [4.78, 5) is 26.8. The van der Waals surface area contributed by atoms with Crippen molar-refractivity contribution in [3.05, 3.63) is 36.5 Å². The minimum Gasteiger partial charge on any atom is -0.342 e. The van der Waals surface area contributed by atoms with Gasteiger partial charge in [-0.1, -0.05) is 32.9 Å². The van der Waals surface area contributed by atoms with E-state index in [1.807, 2.05) is 56.0 Å². The number of piperidine rings is 1. The number of likely N-dealkylation sites (tertiary alicyclic amines) is 1. The van der Waals surface area contributed by atoms with Gasteiger partial charge in [0.2, 0.25) is 11.8 Å². The van der Waals surface area contributed by atoms with E-state index in [0.717, 1.165) is 16.9 Å². The van der Waals surface area contributed by atoms with E-state index in [0.29, 0.717) is 25.9 Å². The molecule has 0 spiro atoms. The van der Waals surface area contributed by atoms with Crippen LogP contribution in [-0.4, -0.2) is 40.0 Å². The summed E-state index contributed by atoms with van der Waals surface area (Å²) in [5.41, 5.74) is 2.29. The maximum Gasteiger partial charge on any atom is 0.227 e. The summed E-state index contributed by atoms with van der Waals surface area (Å²) in [7, 11) is 0. The zero-order valence-electron chi connectivity index (χ0n) is 15.6. The first-order chi connectivity index (χ1) is 12.3. The summed E-state index contributed by atoms with van der Waals surface area (Å²) in [6, 6.07) is 9.60. The number of carbonyl (C=O) groups excluding carboxylic acids is 2. The fourth-order valence-electron chi connectivity index (χ4n) is 3.24. The first-order valence-corrected chi connectivity index (χ1v) is 9.04. The smallest absolute Gasteiger partial charge is 0.227 e. The molecule has 1 fully saturated rings. The lowest BCUT2D eigenvalue weighted by Crippen LogP contribution is -2.45. The standard InChI is InChI=1S/C20H26N4O2/c1-20(2,3)19(26)24-11-8-14(9-12-24)18(25)22-16-6-4-5-15(13-16)17-7-10-21-23-17/h4-7,10,13-14H,8-9,11-12H2,1-3H3,(H,21,23)(H,22,25). The summed E-state index contributed by atoms with van der Waals surface area (Å²) in [6.07, 6.45) is 3.11. The SMILES string of the molecule is CC(C)(C)C(=O)N1CCC(C(=O)Nc2cccc(-c3ccn[nH]3)c2)CC1. The number of hydrogen-bond acceptors (Lipinski definition) is 3. The average molecular weight is 354 g/mol. The van der Waals surface area contributed by atoms with E-state index < -0.39 is 0 Å². The number of H-pyrrole nitrogens is 1. The molecule has 2 N–H and O–H groups in total. The molecule has 0 aliphatic carbocycles. The Balaban J connectivity index is 1.58. The molecule has 26 heavy (non-hydrogen) atoms.